The second kappa shape index (κ2) is 5.23. The molecule has 1 aliphatic rings. The first-order chi connectivity index (χ1) is 8.22. The molecule has 0 amide bonds. The fourth-order valence-electron chi connectivity index (χ4n) is 2.64. The molecule has 1 N–H and O–H groups in total. The van der Waals surface area contributed by atoms with E-state index in [1.807, 2.05) is 18.2 Å². The van der Waals surface area contributed by atoms with Gasteiger partial charge >= 0.3 is 0 Å². The van der Waals surface area contributed by atoms with Crippen LogP contribution in [-0.2, 0) is 0 Å². The van der Waals surface area contributed by atoms with Gasteiger partial charge in [-0.2, -0.15) is 5.26 Å². The summed E-state index contributed by atoms with van der Waals surface area (Å²) in [6, 6.07) is 8.66. The van der Waals surface area contributed by atoms with E-state index < -0.39 is 0 Å². The Morgan fingerprint density at radius 1 is 1.41 bits per heavy atom. The maximum atomic E-state index is 8.92. The quantitative estimate of drug-likeness (QED) is 0.852. The van der Waals surface area contributed by atoms with Gasteiger partial charge in [0, 0.05) is 11.7 Å². The lowest BCUT2D eigenvalue weighted by molar-refractivity contribution is 0.525. The smallest absolute Gasteiger partial charge is 0.0992 e. The largest absolute Gasteiger partial charge is 0.382 e. The first-order valence-electron chi connectivity index (χ1n) is 6.50. The maximum absolute atomic E-state index is 8.92. The number of hydrogen-bond acceptors (Lipinski definition) is 2. The number of anilines is 1. The van der Waals surface area contributed by atoms with Crippen molar-refractivity contribution in [3.05, 3.63) is 29.3 Å². The van der Waals surface area contributed by atoms with Crippen molar-refractivity contribution in [2.45, 2.75) is 45.6 Å². The van der Waals surface area contributed by atoms with Crippen molar-refractivity contribution in [3.63, 3.8) is 0 Å². The van der Waals surface area contributed by atoms with Gasteiger partial charge in [0.1, 0.15) is 0 Å². The Labute approximate surface area is 104 Å². The van der Waals surface area contributed by atoms with Crippen LogP contribution < -0.4 is 5.32 Å². The van der Waals surface area contributed by atoms with Crippen LogP contribution in [-0.4, -0.2) is 6.04 Å². The molecular weight excluding hydrogens is 208 g/mol. The van der Waals surface area contributed by atoms with Gasteiger partial charge in [0.25, 0.3) is 0 Å². The van der Waals surface area contributed by atoms with E-state index in [0.717, 1.165) is 17.2 Å². The molecule has 0 bridgehead atoms. The molecule has 0 saturated heterocycles. The fraction of sp³-hybridized carbons (Fsp3) is 0.533. The molecule has 1 aliphatic carbocycles. The van der Waals surface area contributed by atoms with Crippen LogP contribution in [0, 0.1) is 24.2 Å². The fourth-order valence-corrected chi connectivity index (χ4v) is 2.64. The van der Waals surface area contributed by atoms with E-state index in [2.05, 4.69) is 25.2 Å². The highest BCUT2D eigenvalue weighted by Crippen LogP contribution is 2.31. The van der Waals surface area contributed by atoms with Crippen molar-refractivity contribution in [1.82, 2.24) is 0 Å². The van der Waals surface area contributed by atoms with E-state index in [-0.39, 0.29) is 0 Å². The maximum Gasteiger partial charge on any atom is 0.0992 e. The molecule has 0 aliphatic heterocycles. The molecule has 1 fully saturated rings. The summed E-state index contributed by atoms with van der Waals surface area (Å²) in [6.45, 7) is 4.37. The van der Waals surface area contributed by atoms with Crippen LogP contribution in [0.3, 0.4) is 0 Å². The average molecular weight is 228 g/mol. The van der Waals surface area contributed by atoms with Gasteiger partial charge in [-0.05, 0) is 49.8 Å². The average Bonchev–Trinajstić information content (AvgIpc) is 2.80. The number of hydrogen-bond donors (Lipinski definition) is 1. The molecule has 90 valence electrons. The van der Waals surface area contributed by atoms with E-state index in [1.54, 1.807) is 0 Å². The summed E-state index contributed by atoms with van der Waals surface area (Å²) in [4.78, 5) is 0. The Morgan fingerprint density at radius 2 is 2.24 bits per heavy atom. The highest BCUT2D eigenvalue weighted by atomic mass is 14.9. The van der Waals surface area contributed by atoms with E-state index >= 15 is 0 Å². The topological polar surface area (TPSA) is 35.8 Å². The number of aryl methyl sites for hydroxylation is 1. The van der Waals surface area contributed by atoms with Crippen molar-refractivity contribution in [2.24, 2.45) is 5.92 Å². The van der Waals surface area contributed by atoms with E-state index in [9.17, 15) is 0 Å². The number of nitrogens with one attached hydrogen (secondary N) is 1. The van der Waals surface area contributed by atoms with Crippen molar-refractivity contribution < 1.29 is 0 Å². The molecule has 0 spiro atoms. The van der Waals surface area contributed by atoms with Crippen LogP contribution in [0.5, 0.6) is 0 Å². The molecule has 2 nitrogen and oxygen atoms in total. The standard InChI is InChI=1S/C15H20N2/c1-3-12-6-7-14(8-12)17-15-9-13(10-16)5-4-11(15)2/h4-5,9,12,14,17H,3,6-8H2,1-2H3. The van der Waals surface area contributed by atoms with E-state index in [4.69, 9.17) is 5.26 Å². The van der Waals surface area contributed by atoms with Gasteiger partial charge in [0.05, 0.1) is 11.6 Å². The van der Waals surface area contributed by atoms with Crippen LogP contribution in [0.1, 0.15) is 43.7 Å². The van der Waals surface area contributed by atoms with Crippen LogP contribution in [0.15, 0.2) is 18.2 Å². The predicted molar refractivity (Wildman–Crippen MR) is 70.9 cm³/mol. The van der Waals surface area contributed by atoms with Crippen molar-refractivity contribution in [3.8, 4) is 6.07 Å². The molecule has 2 heteroatoms. The molecule has 2 unspecified atom stereocenters. The molecule has 0 radical (unpaired) electrons. The van der Waals surface area contributed by atoms with E-state index in [1.165, 1.54) is 31.2 Å². The zero-order valence-corrected chi connectivity index (χ0v) is 10.7. The second-order valence-corrected chi connectivity index (χ2v) is 5.07. The number of nitriles is 1. The number of benzene rings is 1. The van der Waals surface area contributed by atoms with Gasteiger partial charge in [-0.1, -0.05) is 19.4 Å². The third kappa shape index (κ3) is 2.79. The normalized spacial score (nSPS) is 23.4. The Balaban J connectivity index is 2.06. The van der Waals surface area contributed by atoms with Gasteiger partial charge in [-0.25, -0.2) is 0 Å². The lowest BCUT2D eigenvalue weighted by atomic mass is 10.1. The summed E-state index contributed by atoms with van der Waals surface area (Å²) in [5.41, 5.74) is 3.10. The molecule has 2 rings (SSSR count). The SMILES string of the molecule is CCC1CCC(Nc2cc(C#N)ccc2C)C1. The predicted octanol–water partition coefficient (Wildman–Crippen LogP) is 3.86. The van der Waals surface area contributed by atoms with Crippen LogP contribution >= 0.6 is 0 Å². The van der Waals surface area contributed by atoms with Crippen LogP contribution in [0.4, 0.5) is 5.69 Å². The summed E-state index contributed by atoms with van der Waals surface area (Å²) in [6.07, 6.45) is 5.15. The summed E-state index contributed by atoms with van der Waals surface area (Å²) < 4.78 is 0. The Morgan fingerprint density at radius 3 is 2.88 bits per heavy atom. The van der Waals surface area contributed by atoms with Crippen LogP contribution in [0.2, 0.25) is 0 Å². The van der Waals surface area contributed by atoms with Crippen molar-refractivity contribution in [2.75, 3.05) is 5.32 Å². The minimum atomic E-state index is 0.590. The molecule has 1 aromatic rings. The minimum absolute atomic E-state index is 0.590. The molecule has 1 aromatic carbocycles. The number of rotatable bonds is 3. The molecule has 2 atom stereocenters. The van der Waals surface area contributed by atoms with E-state index in [0.29, 0.717) is 6.04 Å². The lowest BCUT2D eigenvalue weighted by Crippen LogP contribution is -2.16. The first kappa shape index (κ1) is 12.0. The highest BCUT2D eigenvalue weighted by molar-refractivity contribution is 5.55. The lowest BCUT2D eigenvalue weighted by Gasteiger charge is -2.16. The minimum Gasteiger partial charge on any atom is -0.382 e. The zero-order valence-electron chi connectivity index (χ0n) is 10.7. The Bertz CT molecular complexity index is 431. The van der Waals surface area contributed by atoms with Gasteiger partial charge < -0.3 is 5.32 Å². The summed E-state index contributed by atoms with van der Waals surface area (Å²) in [5.74, 6) is 0.881. The summed E-state index contributed by atoms with van der Waals surface area (Å²) in [7, 11) is 0. The van der Waals surface area contributed by atoms with Crippen molar-refractivity contribution in [1.29, 1.82) is 5.26 Å². The molecule has 17 heavy (non-hydrogen) atoms. The van der Waals surface area contributed by atoms with Crippen LogP contribution in [0.25, 0.3) is 0 Å². The third-order valence-electron chi connectivity index (χ3n) is 3.84. The van der Waals surface area contributed by atoms with Gasteiger partial charge in [0.15, 0.2) is 0 Å². The Hall–Kier alpha value is -1.49. The monoisotopic (exact) mass is 228 g/mol. The zero-order chi connectivity index (χ0) is 12.3. The summed E-state index contributed by atoms with van der Waals surface area (Å²) in [5, 5.41) is 12.5. The molecular formula is C15H20N2. The second-order valence-electron chi connectivity index (χ2n) is 5.07. The Kier molecular flexibility index (Phi) is 3.68. The summed E-state index contributed by atoms with van der Waals surface area (Å²) >= 11 is 0. The first-order valence-corrected chi connectivity index (χ1v) is 6.50. The third-order valence-corrected chi connectivity index (χ3v) is 3.84. The number of nitrogens with zero attached hydrogens (tertiary/aromatic N) is 1. The van der Waals surface area contributed by atoms with Gasteiger partial charge in [-0.3, -0.25) is 0 Å². The van der Waals surface area contributed by atoms with Gasteiger partial charge in [-0.15, -0.1) is 0 Å². The molecule has 0 heterocycles. The van der Waals surface area contributed by atoms with Gasteiger partial charge in [0.2, 0.25) is 0 Å². The highest BCUT2D eigenvalue weighted by Gasteiger charge is 2.23. The molecule has 1 saturated carbocycles. The van der Waals surface area contributed by atoms with Crippen molar-refractivity contribution >= 4 is 5.69 Å². The molecule has 0 aromatic heterocycles.